The Kier molecular flexibility index (Phi) is 5.46. The summed E-state index contributed by atoms with van der Waals surface area (Å²) in [5, 5.41) is 3.97. The maximum atomic E-state index is 3.97. The van der Waals surface area contributed by atoms with E-state index in [1.165, 1.54) is 57.8 Å². The van der Waals surface area contributed by atoms with Gasteiger partial charge in [-0.15, -0.1) is 0 Å². The van der Waals surface area contributed by atoms with Gasteiger partial charge >= 0.3 is 0 Å². The van der Waals surface area contributed by atoms with Crippen molar-refractivity contribution in [1.82, 2.24) is 5.32 Å². The van der Waals surface area contributed by atoms with Crippen molar-refractivity contribution < 1.29 is 0 Å². The molecule has 2 aliphatic rings. The molecule has 0 bridgehead atoms. The summed E-state index contributed by atoms with van der Waals surface area (Å²) >= 11 is 0. The van der Waals surface area contributed by atoms with Gasteiger partial charge in [-0.1, -0.05) is 64.3 Å². The molecule has 0 radical (unpaired) electrons. The Morgan fingerprint density at radius 1 is 0.783 bits per heavy atom. The lowest BCUT2D eigenvalue weighted by atomic mass is 9.74. The fourth-order valence-corrected chi connectivity index (χ4v) is 4.71. The van der Waals surface area contributed by atoms with Crippen LogP contribution in [-0.4, -0.2) is 12.1 Å². The van der Waals surface area contributed by atoms with Gasteiger partial charge in [0.25, 0.3) is 0 Å². The molecule has 1 nitrogen and oxygen atoms in total. The van der Waals surface area contributed by atoms with Crippen LogP contribution in [0.1, 0.15) is 95.6 Å². The second kappa shape index (κ2) is 7.38. The molecule has 23 heavy (non-hydrogen) atoms. The first kappa shape index (κ1) is 17.0. The Balaban J connectivity index is 1.59. The standard InChI is InChI=1S/C22H35N/c1-22(2,3)21-12-8-7-11-20(21)17-13-15-19(16-14-17)23-18-9-5-4-6-10-18/h7-8,11-12,17-19,23H,4-6,9-10,13-16H2,1-3H3. The van der Waals surface area contributed by atoms with E-state index in [2.05, 4.69) is 50.4 Å². The lowest BCUT2D eigenvalue weighted by molar-refractivity contribution is 0.277. The molecule has 1 aromatic carbocycles. The first-order valence-corrected chi connectivity index (χ1v) is 9.89. The third kappa shape index (κ3) is 4.38. The fraction of sp³-hybridized carbons (Fsp3) is 0.727. The number of hydrogen-bond donors (Lipinski definition) is 1. The van der Waals surface area contributed by atoms with Crippen LogP contribution in [0.2, 0.25) is 0 Å². The van der Waals surface area contributed by atoms with Crippen molar-refractivity contribution in [2.75, 3.05) is 0 Å². The maximum Gasteiger partial charge on any atom is 0.00700 e. The molecule has 0 saturated heterocycles. The zero-order valence-electron chi connectivity index (χ0n) is 15.4. The molecule has 3 rings (SSSR count). The van der Waals surface area contributed by atoms with Gasteiger partial charge in [0.1, 0.15) is 0 Å². The Morgan fingerprint density at radius 3 is 2.04 bits per heavy atom. The Morgan fingerprint density at radius 2 is 1.39 bits per heavy atom. The van der Waals surface area contributed by atoms with Crippen molar-refractivity contribution in [1.29, 1.82) is 0 Å². The second-order valence-corrected chi connectivity index (χ2v) is 8.89. The van der Waals surface area contributed by atoms with Gasteiger partial charge in [0.2, 0.25) is 0 Å². The molecule has 2 aliphatic carbocycles. The molecule has 1 N–H and O–H groups in total. The summed E-state index contributed by atoms with van der Waals surface area (Å²) in [5.41, 5.74) is 3.44. The number of rotatable bonds is 3. The molecular formula is C22H35N. The smallest absolute Gasteiger partial charge is 0.00700 e. The Labute approximate surface area is 143 Å². The van der Waals surface area contributed by atoms with Crippen LogP contribution >= 0.6 is 0 Å². The highest BCUT2D eigenvalue weighted by molar-refractivity contribution is 5.35. The predicted octanol–water partition coefficient (Wildman–Crippen LogP) is 5.93. The number of benzene rings is 1. The molecule has 2 saturated carbocycles. The summed E-state index contributed by atoms with van der Waals surface area (Å²) in [6.45, 7) is 7.05. The molecule has 0 spiro atoms. The van der Waals surface area contributed by atoms with Gasteiger partial charge in [-0.2, -0.15) is 0 Å². The predicted molar refractivity (Wildman–Crippen MR) is 100 cm³/mol. The fourth-order valence-electron chi connectivity index (χ4n) is 4.71. The minimum atomic E-state index is 0.258. The molecule has 0 aliphatic heterocycles. The number of hydrogen-bond acceptors (Lipinski definition) is 1. The maximum absolute atomic E-state index is 3.97. The van der Waals surface area contributed by atoms with Crippen LogP contribution in [0.25, 0.3) is 0 Å². The van der Waals surface area contributed by atoms with Crippen LogP contribution in [0, 0.1) is 0 Å². The first-order chi connectivity index (χ1) is 11.0. The van der Waals surface area contributed by atoms with Crippen molar-refractivity contribution >= 4 is 0 Å². The van der Waals surface area contributed by atoms with Gasteiger partial charge in [-0.25, -0.2) is 0 Å². The van der Waals surface area contributed by atoms with Gasteiger partial charge in [-0.3, -0.25) is 0 Å². The summed E-state index contributed by atoms with van der Waals surface area (Å²) in [4.78, 5) is 0. The lowest BCUT2D eigenvalue weighted by Crippen LogP contribution is -2.41. The zero-order valence-corrected chi connectivity index (χ0v) is 15.4. The average molecular weight is 314 g/mol. The second-order valence-electron chi connectivity index (χ2n) is 8.89. The van der Waals surface area contributed by atoms with E-state index in [-0.39, 0.29) is 5.41 Å². The van der Waals surface area contributed by atoms with Gasteiger partial charge < -0.3 is 5.32 Å². The van der Waals surface area contributed by atoms with Crippen LogP contribution in [-0.2, 0) is 5.41 Å². The van der Waals surface area contributed by atoms with E-state index in [0.717, 1.165) is 18.0 Å². The van der Waals surface area contributed by atoms with Gasteiger partial charge in [0, 0.05) is 12.1 Å². The molecule has 0 heterocycles. The summed E-state index contributed by atoms with van der Waals surface area (Å²) < 4.78 is 0. The molecule has 2 fully saturated rings. The topological polar surface area (TPSA) is 12.0 Å². The molecule has 128 valence electrons. The van der Waals surface area contributed by atoms with E-state index >= 15 is 0 Å². The van der Waals surface area contributed by atoms with Crippen LogP contribution in [0.15, 0.2) is 24.3 Å². The van der Waals surface area contributed by atoms with E-state index in [1.807, 2.05) is 0 Å². The van der Waals surface area contributed by atoms with E-state index in [0.29, 0.717) is 0 Å². The van der Waals surface area contributed by atoms with E-state index in [9.17, 15) is 0 Å². The average Bonchev–Trinajstić information content (AvgIpc) is 2.56. The van der Waals surface area contributed by atoms with E-state index in [1.54, 1.807) is 11.1 Å². The Hall–Kier alpha value is -0.820. The van der Waals surface area contributed by atoms with Crippen molar-refractivity contribution in [3.05, 3.63) is 35.4 Å². The first-order valence-electron chi connectivity index (χ1n) is 9.89. The van der Waals surface area contributed by atoms with Crippen LogP contribution in [0.3, 0.4) is 0 Å². The summed E-state index contributed by atoms with van der Waals surface area (Å²) in [6.07, 6.45) is 12.6. The molecule has 0 aromatic heterocycles. The lowest BCUT2D eigenvalue weighted by Gasteiger charge is -2.35. The minimum absolute atomic E-state index is 0.258. The van der Waals surface area contributed by atoms with Crippen LogP contribution in [0.4, 0.5) is 0 Å². The zero-order chi connectivity index (χ0) is 16.3. The molecule has 0 atom stereocenters. The monoisotopic (exact) mass is 313 g/mol. The molecule has 1 heteroatoms. The molecule has 0 unspecified atom stereocenters. The number of nitrogens with one attached hydrogen (secondary N) is 1. The quantitative estimate of drug-likeness (QED) is 0.729. The van der Waals surface area contributed by atoms with E-state index in [4.69, 9.17) is 0 Å². The van der Waals surface area contributed by atoms with Crippen molar-refractivity contribution in [2.45, 2.75) is 102 Å². The normalized spacial score (nSPS) is 27.1. The molecule has 0 amide bonds. The van der Waals surface area contributed by atoms with Gasteiger partial charge in [-0.05, 0) is 61.0 Å². The van der Waals surface area contributed by atoms with E-state index < -0.39 is 0 Å². The third-order valence-electron chi connectivity index (χ3n) is 6.01. The Bertz CT molecular complexity index is 485. The van der Waals surface area contributed by atoms with Crippen molar-refractivity contribution in [3.63, 3.8) is 0 Å². The summed E-state index contributed by atoms with van der Waals surface area (Å²) in [5.74, 6) is 0.773. The highest BCUT2D eigenvalue weighted by Crippen LogP contribution is 2.38. The highest BCUT2D eigenvalue weighted by Gasteiger charge is 2.28. The highest BCUT2D eigenvalue weighted by atomic mass is 15.0. The SMILES string of the molecule is CC(C)(C)c1ccccc1C1CCC(NC2CCCCC2)CC1. The van der Waals surface area contributed by atoms with Crippen LogP contribution in [0.5, 0.6) is 0 Å². The summed E-state index contributed by atoms with van der Waals surface area (Å²) in [6, 6.07) is 10.8. The third-order valence-corrected chi connectivity index (χ3v) is 6.01. The van der Waals surface area contributed by atoms with Gasteiger partial charge in [0.15, 0.2) is 0 Å². The largest absolute Gasteiger partial charge is 0.311 e. The van der Waals surface area contributed by atoms with Crippen LogP contribution < -0.4 is 5.32 Å². The molecular weight excluding hydrogens is 278 g/mol. The van der Waals surface area contributed by atoms with Crippen molar-refractivity contribution in [2.24, 2.45) is 0 Å². The van der Waals surface area contributed by atoms with Crippen molar-refractivity contribution in [3.8, 4) is 0 Å². The summed E-state index contributed by atoms with van der Waals surface area (Å²) in [7, 11) is 0. The van der Waals surface area contributed by atoms with Gasteiger partial charge in [0.05, 0.1) is 0 Å². The minimum Gasteiger partial charge on any atom is -0.311 e. The molecule has 1 aromatic rings.